The summed E-state index contributed by atoms with van der Waals surface area (Å²) in [7, 11) is 2.86. The van der Waals surface area contributed by atoms with Gasteiger partial charge in [0, 0.05) is 0 Å². The largest absolute Gasteiger partial charge is 0.481 e. The maximum atomic E-state index is 12.6. The second-order valence-corrected chi connectivity index (χ2v) is 6.06. The summed E-state index contributed by atoms with van der Waals surface area (Å²) in [5.41, 5.74) is 0.152. The number of nitrogens with one attached hydrogen (secondary N) is 2. The first-order valence-electron chi connectivity index (χ1n) is 9.36. The number of ether oxygens (including phenoxy) is 4. The molecule has 0 bridgehead atoms. The van der Waals surface area contributed by atoms with Crippen molar-refractivity contribution < 1.29 is 33.3 Å². The monoisotopic (exact) mass is 432 g/mol. The molecule has 0 saturated carbocycles. The third-order valence-electron chi connectivity index (χ3n) is 3.84. The van der Waals surface area contributed by atoms with Crippen LogP contribution < -0.4 is 24.8 Å². The molecule has 166 valence electrons. The second-order valence-electron chi connectivity index (χ2n) is 6.06. The lowest BCUT2D eigenvalue weighted by Gasteiger charge is -2.14. The van der Waals surface area contributed by atoms with Gasteiger partial charge in [0.15, 0.2) is 0 Å². The van der Waals surface area contributed by atoms with Gasteiger partial charge in [-0.15, -0.1) is 0 Å². The van der Waals surface area contributed by atoms with Gasteiger partial charge in [-0.1, -0.05) is 12.1 Å². The molecule has 2 aromatic rings. The van der Waals surface area contributed by atoms with E-state index in [4.69, 9.17) is 18.9 Å². The number of benzene rings is 1. The summed E-state index contributed by atoms with van der Waals surface area (Å²) in [5.74, 6) is -1.07. The van der Waals surface area contributed by atoms with Gasteiger partial charge in [0.05, 0.1) is 39.0 Å². The molecule has 0 radical (unpaired) electrons. The Labute approximate surface area is 179 Å². The molecular weight excluding hydrogens is 408 g/mol. The Balaban J connectivity index is 2.05. The number of amides is 2. The molecule has 0 saturated heterocycles. The average Bonchev–Trinajstić information content (AvgIpc) is 2.77. The van der Waals surface area contributed by atoms with Crippen molar-refractivity contribution in [3.63, 3.8) is 0 Å². The summed E-state index contributed by atoms with van der Waals surface area (Å²) < 4.78 is 20.6. The van der Waals surface area contributed by atoms with Crippen LogP contribution in [0.1, 0.15) is 24.2 Å². The Morgan fingerprint density at radius 3 is 2.32 bits per heavy atom. The van der Waals surface area contributed by atoms with Gasteiger partial charge in [0.25, 0.3) is 5.91 Å². The molecule has 31 heavy (non-hydrogen) atoms. The molecule has 1 unspecified atom stereocenters. The highest BCUT2D eigenvalue weighted by atomic mass is 16.5. The van der Waals surface area contributed by atoms with Gasteiger partial charge >= 0.3 is 12.0 Å². The van der Waals surface area contributed by atoms with Crippen LogP contribution in [0.25, 0.3) is 0 Å². The third-order valence-corrected chi connectivity index (χ3v) is 3.84. The second kappa shape index (κ2) is 11.3. The summed E-state index contributed by atoms with van der Waals surface area (Å²) in [6.07, 6.45) is 0. The normalized spacial score (nSPS) is 11.1. The Morgan fingerprint density at radius 2 is 1.71 bits per heavy atom. The maximum Gasteiger partial charge on any atom is 0.328 e. The number of rotatable bonds is 10. The van der Waals surface area contributed by atoms with E-state index in [1.54, 1.807) is 25.1 Å². The zero-order chi connectivity index (χ0) is 22.8. The Bertz CT molecular complexity index is 913. The van der Waals surface area contributed by atoms with Crippen molar-refractivity contribution in [3.8, 4) is 23.5 Å². The van der Waals surface area contributed by atoms with Crippen molar-refractivity contribution in [2.75, 3.05) is 27.4 Å². The highest BCUT2D eigenvalue weighted by Gasteiger charge is 2.19. The number of nitrogens with zero attached hydrogens (tertiary/aromatic N) is 2. The number of carbonyl (C=O) groups is 3. The minimum Gasteiger partial charge on any atom is -0.481 e. The molecule has 0 fully saturated rings. The molecule has 2 rings (SSSR count). The molecule has 2 N–H and O–H groups in total. The van der Waals surface area contributed by atoms with Gasteiger partial charge in [-0.25, -0.2) is 4.79 Å². The topological polar surface area (TPSA) is 138 Å². The van der Waals surface area contributed by atoms with E-state index in [2.05, 4.69) is 20.6 Å². The van der Waals surface area contributed by atoms with Gasteiger partial charge in [0.2, 0.25) is 17.7 Å². The van der Waals surface area contributed by atoms with Crippen molar-refractivity contribution in [2.24, 2.45) is 0 Å². The standard InChI is InChI=1S/C20H24N4O7/c1-5-30-19(27)12(2)22-15(25)11-21-18(26)13-8-6-7-9-14(13)31-20-23-16(28-3)10-17(24-20)29-4/h6-10,12H,5,11H2,1-4H3,(H,21,26)(H,22,25). The van der Waals surface area contributed by atoms with Gasteiger partial charge < -0.3 is 29.6 Å². The molecule has 11 nitrogen and oxygen atoms in total. The summed E-state index contributed by atoms with van der Waals surface area (Å²) in [4.78, 5) is 44.3. The SMILES string of the molecule is CCOC(=O)C(C)NC(=O)CNC(=O)c1ccccc1Oc1nc(OC)cc(OC)n1. The lowest BCUT2D eigenvalue weighted by molar-refractivity contribution is -0.146. The predicted molar refractivity (Wildman–Crippen MR) is 108 cm³/mol. The number of carbonyl (C=O) groups excluding carboxylic acids is 3. The first-order valence-corrected chi connectivity index (χ1v) is 9.36. The highest BCUT2D eigenvalue weighted by molar-refractivity contribution is 5.99. The minimum absolute atomic E-state index is 0.0857. The van der Waals surface area contributed by atoms with Crippen LogP contribution in [0, 0.1) is 0 Å². The average molecular weight is 432 g/mol. The molecule has 0 aliphatic heterocycles. The number of aromatic nitrogens is 2. The van der Waals surface area contributed by atoms with Crippen LogP contribution in [0.3, 0.4) is 0 Å². The molecular formula is C20H24N4O7. The number of esters is 1. The summed E-state index contributed by atoms with van der Waals surface area (Å²) >= 11 is 0. The summed E-state index contributed by atoms with van der Waals surface area (Å²) in [5, 5.41) is 4.92. The van der Waals surface area contributed by atoms with Gasteiger partial charge in [-0.3, -0.25) is 9.59 Å². The maximum absolute atomic E-state index is 12.6. The molecule has 1 aromatic heterocycles. The Hall–Kier alpha value is -3.89. The Morgan fingerprint density at radius 1 is 1.06 bits per heavy atom. The lowest BCUT2D eigenvalue weighted by atomic mass is 10.2. The van der Waals surface area contributed by atoms with Crippen molar-refractivity contribution >= 4 is 17.8 Å². The molecule has 1 aromatic carbocycles. The van der Waals surface area contributed by atoms with Gasteiger partial charge in [-0.2, -0.15) is 9.97 Å². The summed E-state index contributed by atoms with van der Waals surface area (Å²) in [6, 6.07) is 6.92. The Kier molecular flexibility index (Phi) is 8.55. The van der Waals surface area contributed by atoms with Crippen LogP contribution in [-0.4, -0.2) is 61.2 Å². The lowest BCUT2D eigenvalue weighted by Crippen LogP contribution is -2.44. The van der Waals surface area contributed by atoms with Crippen LogP contribution in [0.2, 0.25) is 0 Å². The van der Waals surface area contributed by atoms with E-state index >= 15 is 0 Å². The van der Waals surface area contributed by atoms with E-state index in [9.17, 15) is 14.4 Å². The van der Waals surface area contributed by atoms with Crippen LogP contribution in [0.5, 0.6) is 23.5 Å². The van der Waals surface area contributed by atoms with Crippen LogP contribution in [-0.2, 0) is 14.3 Å². The number of hydrogen-bond donors (Lipinski definition) is 2. The number of para-hydroxylation sites is 1. The fourth-order valence-electron chi connectivity index (χ4n) is 2.35. The third kappa shape index (κ3) is 6.84. The highest BCUT2D eigenvalue weighted by Crippen LogP contribution is 2.26. The van der Waals surface area contributed by atoms with Crippen LogP contribution in [0.15, 0.2) is 30.3 Å². The first-order chi connectivity index (χ1) is 14.9. The van der Waals surface area contributed by atoms with Crippen molar-refractivity contribution in [3.05, 3.63) is 35.9 Å². The smallest absolute Gasteiger partial charge is 0.328 e. The van der Waals surface area contributed by atoms with Crippen molar-refractivity contribution in [1.82, 2.24) is 20.6 Å². The van der Waals surface area contributed by atoms with Gasteiger partial charge in [-0.05, 0) is 26.0 Å². The quantitative estimate of drug-likeness (QED) is 0.528. The van der Waals surface area contributed by atoms with E-state index in [-0.39, 0.29) is 42.2 Å². The van der Waals surface area contributed by atoms with E-state index in [1.165, 1.54) is 33.3 Å². The summed E-state index contributed by atoms with van der Waals surface area (Å²) in [6.45, 7) is 3.01. The van der Waals surface area contributed by atoms with E-state index < -0.39 is 23.8 Å². The fourth-order valence-corrected chi connectivity index (χ4v) is 2.35. The molecule has 1 heterocycles. The molecule has 0 aliphatic carbocycles. The zero-order valence-electron chi connectivity index (χ0n) is 17.6. The molecule has 0 spiro atoms. The van der Waals surface area contributed by atoms with E-state index in [0.717, 1.165) is 0 Å². The minimum atomic E-state index is -0.833. The molecule has 0 aliphatic rings. The van der Waals surface area contributed by atoms with Crippen LogP contribution in [0.4, 0.5) is 0 Å². The van der Waals surface area contributed by atoms with E-state index in [1.807, 2.05) is 0 Å². The number of methoxy groups -OCH3 is 2. The van der Waals surface area contributed by atoms with Crippen LogP contribution >= 0.6 is 0 Å². The molecule has 1 atom stereocenters. The number of hydrogen-bond acceptors (Lipinski definition) is 9. The fraction of sp³-hybridized carbons (Fsp3) is 0.350. The van der Waals surface area contributed by atoms with Crippen molar-refractivity contribution in [1.29, 1.82) is 0 Å². The zero-order valence-corrected chi connectivity index (χ0v) is 17.6. The molecule has 11 heteroatoms. The molecule has 2 amide bonds. The predicted octanol–water partition coefficient (Wildman–Crippen LogP) is 1.08. The van der Waals surface area contributed by atoms with Gasteiger partial charge in [0.1, 0.15) is 11.8 Å². The first kappa shape index (κ1) is 23.4. The van der Waals surface area contributed by atoms with Crippen molar-refractivity contribution in [2.45, 2.75) is 19.9 Å². The van der Waals surface area contributed by atoms with E-state index in [0.29, 0.717) is 0 Å².